The van der Waals surface area contributed by atoms with Crippen molar-refractivity contribution >= 4 is 23.2 Å². The summed E-state index contributed by atoms with van der Waals surface area (Å²) in [5.41, 5.74) is 4.46. The highest BCUT2D eigenvalue weighted by Crippen LogP contribution is 2.27. The third-order valence-corrected chi connectivity index (χ3v) is 3.17. The highest BCUT2D eigenvalue weighted by molar-refractivity contribution is 6.42. The highest BCUT2D eigenvalue weighted by Gasteiger charge is 2.14. The molecule has 0 fully saturated rings. The predicted octanol–water partition coefficient (Wildman–Crippen LogP) is 2.94. The zero-order valence-corrected chi connectivity index (χ0v) is 10.4. The monoisotopic (exact) mass is 267 g/mol. The second-order valence-corrected chi connectivity index (χ2v) is 4.34. The van der Waals surface area contributed by atoms with E-state index in [1.165, 1.54) is 0 Å². The van der Waals surface area contributed by atoms with Gasteiger partial charge in [0.2, 0.25) is 0 Å². The molecule has 17 heavy (non-hydrogen) atoms. The molecule has 1 aromatic heterocycles. The first-order chi connectivity index (χ1) is 8.22. The van der Waals surface area contributed by atoms with Gasteiger partial charge in [-0.3, -0.25) is 10.8 Å². The minimum atomic E-state index is -0.203. The summed E-state index contributed by atoms with van der Waals surface area (Å²) in [6.45, 7) is 0. The van der Waals surface area contributed by atoms with Crippen LogP contribution in [-0.4, -0.2) is 4.98 Å². The quantitative estimate of drug-likeness (QED) is 0.664. The molecule has 2 rings (SSSR count). The lowest BCUT2D eigenvalue weighted by molar-refractivity contribution is 0.621. The Morgan fingerprint density at radius 1 is 1.12 bits per heavy atom. The second kappa shape index (κ2) is 5.47. The number of benzene rings is 1. The van der Waals surface area contributed by atoms with Crippen LogP contribution in [0.3, 0.4) is 0 Å². The number of nitrogens with zero attached hydrogens (tertiary/aromatic N) is 1. The Kier molecular flexibility index (Phi) is 3.97. The average molecular weight is 268 g/mol. The molecule has 1 aromatic carbocycles. The van der Waals surface area contributed by atoms with E-state index in [0.29, 0.717) is 10.0 Å². The molecule has 1 atom stereocenters. The average Bonchev–Trinajstić information content (AvgIpc) is 2.36. The van der Waals surface area contributed by atoms with Crippen molar-refractivity contribution in [3.05, 3.63) is 63.9 Å². The number of nitrogens with two attached hydrogens (primary N) is 1. The van der Waals surface area contributed by atoms with Crippen molar-refractivity contribution in [2.45, 2.75) is 6.04 Å². The molecule has 0 aliphatic heterocycles. The Balaban J connectivity index is 2.39. The largest absolute Gasteiger partial charge is 0.271 e. The molecular formula is C12H11Cl2N3. The fourth-order valence-electron chi connectivity index (χ4n) is 1.59. The van der Waals surface area contributed by atoms with E-state index >= 15 is 0 Å². The fourth-order valence-corrected chi connectivity index (χ4v) is 1.90. The zero-order valence-electron chi connectivity index (χ0n) is 8.90. The number of aromatic nitrogens is 1. The first-order valence-corrected chi connectivity index (χ1v) is 5.80. The van der Waals surface area contributed by atoms with Gasteiger partial charge in [-0.25, -0.2) is 5.43 Å². The summed E-state index contributed by atoms with van der Waals surface area (Å²) in [6, 6.07) is 10.8. The van der Waals surface area contributed by atoms with E-state index in [9.17, 15) is 0 Å². The summed E-state index contributed by atoms with van der Waals surface area (Å²) in [4.78, 5) is 4.26. The van der Waals surface area contributed by atoms with Crippen molar-refractivity contribution in [1.82, 2.24) is 10.4 Å². The van der Waals surface area contributed by atoms with Crippen LogP contribution in [0.5, 0.6) is 0 Å². The van der Waals surface area contributed by atoms with Crippen molar-refractivity contribution < 1.29 is 0 Å². The maximum atomic E-state index is 5.98. The number of hydrazine groups is 1. The van der Waals surface area contributed by atoms with Gasteiger partial charge in [-0.1, -0.05) is 35.3 Å². The van der Waals surface area contributed by atoms with Crippen molar-refractivity contribution in [3.8, 4) is 0 Å². The van der Waals surface area contributed by atoms with Crippen LogP contribution in [0.15, 0.2) is 42.6 Å². The SMILES string of the molecule is NNC(c1ccc(Cl)c(Cl)c1)c1ccccn1. The Labute approximate surface area is 110 Å². The first-order valence-electron chi connectivity index (χ1n) is 5.04. The summed E-state index contributed by atoms with van der Waals surface area (Å²) in [5, 5.41) is 1.02. The molecule has 0 aliphatic rings. The molecule has 1 heterocycles. The van der Waals surface area contributed by atoms with Crippen molar-refractivity contribution in [2.75, 3.05) is 0 Å². The van der Waals surface area contributed by atoms with Gasteiger partial charge in [0.25, 0.3) is 0 Å². The Bertz CT molecular complexity index is 502. The van der Waals surface area contributed by atoms with Crippen LogP contribution in [-0.2, 0) is 0 Å². The minimum Gasteiger partial charge on any atom is -0.271 e. The molecular weight excluding hydrogens is 257 g/mol. The van der Waals surface area contributed by atoms with Crippen LogP contribution in [0.25, 0.3) is 0 Å². The topological polar surface area (TPSA) is 50.9 Å². The molecule has 0 saturated heterocycles. The van der Waals surface area contributed by atoms with Crippen molar-refractivity contribution in [3.63, 3.8) is 0 Å². The number of nitrogens with one attached hydrogen (secondary N) is 1. The molecule has 3 N–H and O–H groups in total. The molecule has 0 saturated carbocycles. The number of hydrogen-bond acceptors (Lipinski definition) is 3. The van der Waals surface area contributed by atoms with Crippen LogP contribution >= 0.6 is 23.2 Å². The molecule has 0 bridgehead atoms. The van der Waals surface area contributed by atoms with Crippen molar-refractivity contribution in [2.24, 2.45) is 5.84 Å². The Morgan fingerprint density at radius 2 is 1.94 bits per heavy atom. The van der Waals surface area contributed by atoms with E-state index in [-0.39, 0.29) is 6.04 Å². The lowest BCUT2D eigenvalue weighted by Gasteiger charge is -2.16. The van der Waals surface area contributed by atoms with E-state index in [4.69, 9.17) is 29.0 Å². The molecule has 0 amide bonds. The van der Waals surface area contributed by atoms with Gasteiger partial charge in [-0.15, -0.1) is 0 Å². The summed E-state index contributed by atoms with van der Waals surface area (Å²) >= 11 is 11.9. The van der Waals surface area contributed by atoms with Gasteiger partial charge in [0.05, 0.1) is 21.8 Å². The number of rotatable bonds is 3. The molecule has 1 unspecified atom stereocenters. The van der Waals surface area contributed by atoms with Crippen LogP contribution < -0.4 is 11.3 Å². The van der Waals surface area contributed by atoms with E-state index < -0.39 is 0 Å². The van der Waals surface area contributed by atoms with Gasteiger partial charge < -0.3 is 0 Å². The molecule has 0 aliphatic carbocycles. The molecule has 3 nitrogen and oxygen atoms in total. The van der Waals surface area contributed by atoms with Gasteiger partial charge in [0, 0.05) is 6.20 Å². The highest BCUT2D eigenvalue weighted by atomic mass is 35.5. The maximum Gasteiger partial charge on any atom is 0.0881 e. The standard InChI is InChI=1S/C12H11Cl2N3/c13-9-5-4-8(7-10(9)14)12(17-15)11-3-1-2-6-16-11/h1-7,12,17H,15H2. The Hall–Kier alpha value is -1.13. The second-order valence-electron chi connectivity index (χ2n) is 3.53. The van der Waals surface area contributed by atoms with Gasteiger partial charge in [0.1, 0.15) is 0 Å². The van der Waals surface area contributed by atoms with Crippen LogP contribution in [0.1, 0.15) is 17.3 Å². The number of hydrogen-bond donors (Lipinski definition) is 2. The lowest BCUT2D eigenvalue weighted by atomic mass is 10.0. The zero-order chi connectivity index (χ0) is 12.3. The summed E-state index contributed by atoms with van der Waals surface area (Å²) in [5.74, 6) is 5.56. The van der Waals surface area contributed by atoms with E-state index in [2.05, 4.69) is 10.4 Å². The van der Waals surface area contributed by atoms with Gasteiger partial charge >= 0.3 is 0 Å². The van der Waals surface area contributed by atoms with Crippen molar-refractivity contribution in [1.29, 1.82) is 0 Å². The molecule has 0 radical (unpaired) electrons. The fraction of sp³-hybridized carbons (Fsp3) is 0.0833. The smallest absolute Gasteiger partial charge is 0.0881 e. The van der Waals surface area contributed by atoms with Crippen LogP contribution in [0.4, 0.5) is 0 Å². The van der Waals surface area contributed by atoms with Crippen LogP contribution in [0.2, 0.25) is 10.0 Å². The maximum absolute atomic E-state index is 5.98. The van der Waals surface area contributed by atoms with E-state index in [1.54, 1.807) is 18.3 Å². The summed E-state index contributed by atoms with van der Waals surface area (Å²) < 4.78 is 0. The van der Waals surface area contributed by atoms with Gasteiger partial charge in [-0.05, 0) is 29.8 Å². The summed E-state index contributed by atoms with van der Waals surface area (Å²) in [6.07, 6.45) is 1.72. The summed E-state index contributed by atoms with van der Waals surface area (Å²) in [7, 11) is 0. The Morgan fingerprint density at radius 3 is 2.53 bits per heavy atom. The molecule has 2 aromatic rings. The predicted molar refractivity (Wildman–Crippen MR) is 69.9 cm³/mol. The van der Waals surface area contributed by atoms with Gasteiger partial charge in [-0.2, -0.15) is 0 Å². The minimum absolute atomic E-state index is 0.203. The van der Waals surface area contributed by atoms with E-state index in [0.717, 1.165) is 11.3 Å². The molecule has 88 valence electrons. The third-order valence-electron chi connectivity index (χ3n) is 2.43. The van der Waals surface area contributed by atoms with Crippen LogP contribution in [0, 0.1) is 0 Å². The number of halogens is 2. The first kappa shape index (κ1) is 12.3. The molecule has 0 spiro atoms. The lowest BCUT2D eigenvalue weighted by Crippen LogP contribution is -2.29. The normalized spacial score (nSPS) is 12.4. The number of pyridine rings is 1. The van der Waals surface area contributed by atoms with E-state index in [1.807, 2.05) is 24.3 Å². The molecule has 5 heteroatoms. The third kappa shape index (κ3) is 2.76. The van der Waals surface area contributed by atoms with Gasteiger partial charge in [0.15, 0.2) is 0 Å².